The Labute approximate surface area is 628 Å². The molecule has 6 heterocycles. The van der Waals surface area contributed by atoms with Crippen molar-refractivity contribution in [3.63, 3.8) is 0 Å². The topological polar surface area (TPSA) is 418 Å². The SMILES string of the molecule is C.COC(=O)C1CN(C(=O)OCc2ccccc2)CCC12OCCO2.COC(=O)C1CN(C(=O)OCc2ccccc2)CCC1=O.COC(=O)C1CNCCC12OCCO2.COC(=O)C1CNCCC1=O.Cc1ccc(S(O)(O)O)cc1.Cl.F.FF.FI.O.O=C(Cl)OCc1ccccc1.OCCO.[HH]. The number of ether oxygens (including phenoxy) is 11. The van der Waals surface area contributed by atoms with Gasteiger partial charge < -0.3 is 102 Å². The van der Waals surface area contributed by atoms with Crippen LogP contribution < -0.4 is 10.6 Å². The molecule has 592 valence electrons. The average Bonchev–Trinajstić information content (AvgIpc) is 1.57. The molecule has 6 fully saturated rings. The van der Waals surface area contributed by atoms with Crippen LogP contribution in [0, 0.1) is 30.6 Å². The van der Waals surface area contributed by atoms with Crippen molar-refractivity contribution in [3.8, 4) is 0 Å². The zero-order chi connectivity index (χ0) is 74.5. The smallest absolute Gasteiger partial charge is 0.410 e. The van der Waals surface area contributed by atoms with E-state index in [9.17, 15) is 46.0 Å². The minimum absolute atomic E-state index is 0. The third-order valence-electron chi connectivity index (χ3n) is 15.0. The van der Waals surface area contributed by atoms with Gasteiger partial charge in [-0.05, 0) is 35.7 Å². The van der Waals surface area contributed by atoms with Crippen LogP contribution in [0.4, 0.5) is 31.1 Å². The third kappa shape index (κ3) is 35.9. The highest BCUT2D eigenvalue weighted by Gasteiger charge is 2.53. The van der Waals surface area contributed by atoms with Crippen molar-refractivity contribution in [3.05, 3.63) is 138 Å². The molecule has 4 aromatic carbocycles. The van der Waals surface area contributed by atoms with Crippen molar-refractivity contribution in [1.29, 1.82) is 0 Å². The average molecular weight is 1670 g/mol. The summed E-state index contributed by atoms with van der Waals surface area (Å²) in [5, 5.41) is 21.3. The van der Waals surface area contributed by atoms with Crippen LogP contribution in [0.15, 0.2) is 120 Å². The first-order valence-electron chi connectivity index (χ1n) is 30.7. The fourth-order valence-corrected chi connectivity index (χ4v) is 10.4. The van der Waals surface area contributed by atoms with Gasteiger partial charge >= 0.3 is 41.5 Å². The van der Waals surface area contributed by atoms with Gasteiger partial charge in [-0.25, -0.2) is 14.4 Å². The standard InChI is InChI=1S/C17H21NO6.C15H17NO5.C9H15NO4.C8H7ClO2.C7H11NO3.C7H10O3S.C2H6O2.CH4.ClH.F2.FI.FH.H2O.H2/c1-21-15(19)14-11-18(8-7-17(14)23-9-10-24-17)16(20)22-12-13-5-3-2-4-6-13;1-20-14(18)12-9-16(8-7-13(12)17)15(19)21-10-11-5-3-2-4-6-11;1-12-8(11)7-6-10-3-2-9(7)13-4-5-14-9;9-8(10)11-6-7-4-2-1-3-5-7;1-11-7(10)5-4-8-3-2-6(5)9;1-6-2-4-7(5-3-6)11(8,9)10;3-1-2-4;;;2*1-2;;;/h2-6,14H,7-12H2,1H3;2-6,12H,7-10H2,1H3;7,10H,2-6H2,1H3;1-5H,6H2;5,8H,2-4H2,1H3;2-5,8-10H,1H3;3-4H,1-2H2;1H4;1H;;;1H;1H2;1H. The maximum absolute atomic E-state index is 12.3. The van der Waals surface area contributed by atoms with Crippen molar-refractivity contribution in [2.45, 2.75) is 76.3 Å². The Morgan fingerprint density at radius 1 is 0.567 bits per heavy atom. The number of benzene rings is 4. The van der Waals surface area contributed by atoms with Gasteiger partial charge in [-0.2, -0.15) is 2.86 Å². The summed E-state index contributed by atoms with van der Waals surface area (Å²) in [6.07, 6.45) is 0.695. The predicted molar refractivity (Wildman–Crippen MR) is 383 cm³/mol. The summed E-state index contributed by atoms with van der Waals surface area (Å²) in [7, 11) is 1.71. The van der Waals surface area contributed by atoms with E-state index in [2.05, 4.69) is 24.8 Å². The molecule has 0 radical (unpaired) electrons. The summed E-state index contributed by atoms with van der Waals surface area (Å²) in [5.74, 6) is -6.18. The normalized spacial score (nSPS) is 18.3. The molecule has 4 atom stereocenters. The lowest BCUT2D eigenvalue weighted by Gasteiger charge is -2.41. The first-order chi connectivity index (χ1) is 48.0. The van der Waals surface area contributed by atoms with E-state index >= 15 is 0 Å². The Morgan fingerprint density at radius 2 is 0.952 bits per heavy atom. The fraction of sp³-hybridized carbons (Fsp3) is 0.500. The summed E-state index contributed by atoms with van der Waals surface area (Å²) in [4.78, 5) is 106. The number of carbonyl (C=O) groups excluding carboxylic acids is 9. The van der Waals surface area contributed by atoms with Gasteiger partial charge in [0, 0.05) is 100 Å². The predicted octanol–water partition coefficient (Wildman–Crippen LogP) is 8.69. The zero-order valence-corrected chi connectivity index (χ0v) is 61.6. The van der Waals surface area contributed by atoms with Gasteiger partial charge in [0.2, 0.25) is 0 Å². The quantitative estimate of drug-likeness (QED) is 0.0174. The molecule has 0 aromatic heterocycles. The first kappa shape index (κ1) is 101. The van der Waals surface area contributed by atoms with Gasteiger partial charge in [0.1, 0.15) is 60.1 Å². The van der Waals surface area contributed by atoms with Crippen molar-refractivity contribution < 1.29 is 143 Å². The maximum atomic E-state index is 12.3. The number of nitrogens with zero attached hydrogens (tertiary/aromatic N) is 2. The number of likely N-dealkylation sites (tertiary alicyclic amines) is 2. The third-order valence-corrected chi connectivity index (χ3v) is 16.0. The number of rotatable bonds is 12. The van der Waals surface area contributed by atoms with E-state index in [1.807, 2.05) is 97.9 Å². The molecule has 10 rings (SSSR count). The second-order valence-electron chi connectivity index (χ2n) is 21.4. The number of halogens is 7. The molecule has 6 aliphatic heterocycles. The molecule has 6 saturated heterocycles. The van der Waals surface area contributed by atoms with Crippen molar-refractivity contribution in [2.24, 2.45) is 23.7 Å². The molecular weight excluding hydrogens is 1570 g/mol. The highest BCUT2D eigenvalue weighted by atomic mass is 127. The van der Waals surface area contributed by atoms with E-state index in [0.29, 0.717) is 95.0 Å². The number of ketones is 2. The molecule has 2 amide bonds. The lowest BCUT2D eigenvalue weighted by Crippen LogP contribution is -2.57. The van der Waals surface area contributed by atoms with E-state index in [-0.39, 0.29) is 119 Å². The number of piperidine rings is 4. The summed E-state index contributed by atoms with van der Waals surface area (Å²) in [5.41, 5.74) is 2.96. The van der Waals surface area contributed by atoms with E-state index in [1.54, 1.807) is 12.1 Å². The fourth-order valence-electron chi connectivity index (χ4n) is 9.86. The summed E-state index contributed by atoms with van der Waals surface area (Å²) >= 11 is 5.62. The zero-order valence-electron chi connectivity index (χ0n) is 57.0. The number of aryl methyl sites for hydroxylation is 1. The van der Waals surface area contributed by atoms with E-state index in [1.165, 1.54) is 50.4 Å². The Balaban J connectivity index is -0.000000580. The molecule has 0 bridgehead atoms. The van der Waals surface area contributed by atoms with Gasteiger partial charge in [0.25, 0.3) is 0 Å². The number of esters is 4. The monoisotopic (exact) mass is 1670 g/mol. The molecule has 30 nitrogen and oxygen atoms in total. The molecule has 4 unspecified atom stereocenters. The van der Waals surface area contributed by atoms with Crippen LogP contribution in [0.5, 0.6) is 0 Å². The molecule has 6 aliphatic rings. The second kappa shape index (κ2) is 56.4. The molecule has 104 heavy (non-hydrogen) atoms. The van der Waals surface area contributed by atoms with Crippen LogP contribution in [-0.2, 0) is 101 Å². The Bertz CT molecular complexity index is 3060. The Kier molecular flexibility index (Phi) is 54.8. The number of methoxy groups -OCH3 is 4. The van der Waals surface area contributed by atoms with Crippen LogP contribution in [0.25, 0.3) is 0 Å². The highest BCUT2D eigenvalue weighted by Crippen LogP contribution is 2.43. The molecular formula is C66H97Cl2F4IN4O26S. The van der Waals surface area contributed by atoms with E-state index < -0.39 is 75.7 Å². The number of carbonyl (C=O) groups is 9. The lowest BCUT2D eigenvalue weighted by molar-refractivity contribution is -0.225. The van der Waals surface area contributed by atoms with Crippen molar-refractivity contribution >= 4 is 111 Å². The van der Waals surface area contributed by atoms with Crippen molar-refractivity contribution in [1.82, 2.24) is 20.4 Å². The first-order valence-corrected chi connectivity index (χ1v) is 33.4. The molecule has 0 aliphatic carbocycles. The molecule has 38 heteroatoms. The highest BCUT2D eigenvalue weighted by molar-refractivity contribution is 14.1. The van der Waals surface area contributed by atoms with Gasteiger partial charge in [-0.1, -0.05) is 116 Å². The summed E-state index contributed by atoms with van der Waals surface area (Å²) in [6.45, 7) is 7.53. The molecule has 9 N–H and O–H groups in total. The number of hydrogen-bond donors (Lipinski definition) is 7. The van der Waals surface area contributed by atoms with Gasteiger partial charge in [-0.15, -0.1) is 12.4 Å². The minimum atomic E-state index is -3.52. The minimum Gasteiger partial charge on any atom is -0.469 e. The number of hydrogen-bond acceptors (Lipinski definition) is 27. The number of amides is 2. The van der Waals surface area contributed by atoms with E-state index in [0.717, 1.165) is 28.8 Å². The molecule has 0 saturated carbocycles. The van der Waals surface area contributed by atoms with Crippen LogP contribution >= 0.6 is 58.0 Å². The summed E-state index contributed by atoms with van der Waals surface area (Å²) in [6, 6.07) is 34.5. The largest absolute Gasteiger partial charge is 0.469 e. The Morgan fingerprint density at radius 3 is 1.36 bits per heavy atom. The second-order valence-corrected chi connectivity index (χ2v) is 23.2. The van der Waals surface area contributed by atoms with Crippen LogP contribution in [0.2, 0.25) is 0 Å². The molecule has 2 spiro atoms. The van der Waals surface area contributed by atoms with Gasteiger partial charge in [-0.3, -0.25) is 33.5 Å². The maximum Gasteiger partial charge on any atom is 0.410 e. The number of nitrogens with one attached hydrogen (secondary N) is 2. The van der Waals surface area contributed by atoms with Gasteiger partial charge in [0.05, 0.1) is 73.0 Å². The van der Waals surface area contributed by atoms with Crippen LogP contribution in [-0.4, -0.2) is 224 Å². The van der Waals surface area contributed by atoms with Crippen LogP contribution in [0.1, 0.15) is 56.8 Å². The number of Topliss-reactive ketones (excluding diaryl/α,β-unsaturated/α-hetero) is 2. The summed E-state index contributed by atoms with van der Waals surface area (Å²) < 4.78 is 108. The Hall–Kier alpha value is -6.99. The van der Waals surface area contributed by atoms with Crippen LogP contribution in [0.3, 0.4) is 0 Å². The van der Waals surface area contributed by atoms with Gasteiger partial charge in [0.15, 0.2) is 40.5 Å². The van der Waals surface area contributed by atoms with E-state index in [4.69, 9.17) is 82.5 Å². The number of aliphatic hydroxyl groups excluding tert-OH is 2. The molecule has 4 aromatic rings. The van der Waals surface area contributed by atoms with Crippen molar-refractivity contribution in [2.75, 3.05) is 120 Å². The lowest BCUT2D eigenvalue weighted by atomic mass is 9.90. The number of aliphatic hydroxyl groups is 2.